The van der Waals surface area contributed by atoms with Crippen molar-refractivity contribution in [3.8, 4) is 11.3 Å². The van der Waals surface area contributed by atoms with Gasteiger partial charge in [-0.1, -0.05) is 23.8 Å². The Hall–Kier alpha value is -1.65. The van der Waals surface area contributed by atoms with Gasteiger partial charge in [-0.25, -0.2) is 9.97 Å². The summed E-state index contributed by atoms with van der Waals surface area (Å²) in [4.78, 5) is 8.86. The molecule has 104 valence electrons. The summed E-state index contributed by atoms with van der Waals surface area (Å²) in [6, 6.07) is 1.91. The highest BCUT2D eigenvalue weighted by Gasteiger charge is 2.10. The normalized spacial score (nSPS) is 12.1. The average molecular weight is 306 g/mol. The smallest absolute Gasteiger partial charge is 0.130 e. The van der Waals surface area contributed by atoms with Crippen LogP contribution in [0.1, 0.15) is 25.8 Å². The molecule has 0 bridgehead atoms. The molecular weight excluding hydrogens is 290 g/mol. The van der Waals surface area contributed by atoms with E-state index >= 15 is 0 Å². The third-order valence-electron chi connectivity index (χ3n) is 2.80. The summed E-state index contributed by atoms with van der Waals surface area (Å²) in [5, 5.41) is 6.72. The Balaban J connectivity index is 2.38. The van der Waals surface area contributed by atoms with E-state index in [0.717, 1.165) is 22.1 Å². The molecule has 0 saturated heterocycles. The van der Waals surface area contributed by atoms with Crippen molar-refractivity contribution in [1.82, 2.24) is 9.97 Å². The van der Waals surface area contributed by atoms with Gasteiger partial charge in [0.05, 0.1) is 10.7 Å². The monoisotopic (exact) mass is 305 g/mol. The zero-order valence-electron chi connectivity index (χ0n) is 11.6. The van der Waals surface area contributed by atoms with E-state index in [4.69, 9.17) is 11.6 Å². The minimum atomic E-state index is 0.603. The number of anilines is 1. The fourth-order valence-electron chi connectivity index (χ4n) is 1.58. The molecule has 5 heteroatoms. The summed E-state index contributed by atoms with van der Waals surface area (Å²) in [6.07, 6.45) is 7.43. The lowest BCUT2D eigenvalue weighted by Crippen LogP contribution is -1.92. The number of halogens is 1. The molecule has 0 fully saturated rings. The molecule has 0 radical (unpaired) electrons. The van der Waals surface area contributed by atoms with Crippen LogP contribution in [-0.4, -0.2) is 9.97 Å². The van der Waals surface area contributed by atoms with Gasteiger partial charge in [0.25, 0.3) is 0 Å². The van der Waals surface area contributed by atoms with Crippen LogP contribution in [0.15, 0.2) is 36.0 Å². The number of pyridine rings is 1. The molecule has 2 rings (SSSR count). The van der Waals surface area contributed by atoms with Gasteiger partial charge in [-0.2, -0.15) is 0 Å². The predicted octanol–water partition coefficient (Wildman–Crippen LogP) is 5.23. The topological polar surface area (TPSA) is 37.8 Å². The Morgan fingerprint density at radius 2 is 2.20 bits per heavy atom. The summed E-state index contributed by atoms with van der Waals surface area (Å²) in [5.41, 5.74) is 2.93. The minimum absolute atomic E-state index is 0.603. The van der Waals surface area contributed by atoms with Crippen molar-refractivity contribution in [3.05, 3.63) is 46.0 Å². The fourth-order valence-corrected chi connectivity index (χ4v) is 2.64. The molecule has 0 aliphatic rings. The molecule has 0 spiro atoms. The van der Waals surface area contributed by atoms with Gasteiger partial charge in [0.2, 0.25) is 0 Å². The number of rotatable bonds is 4. The molecule has 0 unspecified atom stereocenters. The van der Waals surface area contributed by atoms with E-state index < -0.39 is 0 Å². The van der Waals surface area contributed by atoms with E-state index in [-0.39, 0.29) is 0 Å². The SMILES string of the molecule is C/C=C\Nc1cc(-c2csc(/C(C)=C/C)n2)c(Cl)cn1. The summed E-state index contributed by atoms with van der Waals surface area (Å²) >= 11 is 7.85. The lowest BCUT2D eigenvalue weighted by Gasteiger charge is -2.04. The van der Waals surface area contributed by atoms with Crippen LogP contribution in [0.25, 0.3) is 16.8 Å². The molecule has 0 aliphatic carbocycles. The standard InChI is InChI=1S/C15H16ClN3S/c1-4-6-17-14-7-11(12(16)8-18-14)13-9-20-15(19-13)10(3)5-2/h4-9H,1-3H3,(H,17,18)/b6-4-,10-5+. The molecule has 0 aromatic carbocycles. The molecule has 2 heterocycles. The Labute approximate surface area is 128 Å². The number of nitrogens with zero attached hydrogens (tertiary/aromatic N) is 2. The number of hydrogen-bond donors (Lipinski definition) is 1. The van der Waals surface area contributed by atoms with Crippen molar-refractivity contribution in [3.63, 3.8) is 0 Å². The predicted molar refractivity (Wildman–Crippen MR) is 88.1 cm³/mol. The zero-order valence-corrected chi connectivity index (χ0v) is 13.2. The Morgan fingerprint density at radius 1 is 1.40 bits per heavy atom. The quantitative estimate of drug-likeness (QED) is 0.840. The lowest BCUT2D eigenvalue weighted by molar-refractivity contribution is 1.29. The van der Waals surface area contributed by atoms with E-state index in [1.807, 2.05) is 37.6 Å². The second-order valence-corrected chi connectivity index (χ2v) is 5.47. The van der Waals surface area contributed by atoms with Crippen molar-refractivity contribution in [2.75, 3.05) is 5.32 Å². The first-order chi connectivity index (χ1) is 9.65. The lowest BCUT2D eigenvalue weighted by atomic mass is 10.2. The molecule has 0 atom stereocenters. The average Bonchev–Trinajstić information content (AvgIpc) is 2.95. The molecule has 0 saturated carbocycles. The van der Waals surface area contributed by atoms with E-state index in [9.17, 15) is 0 Å². The number of allylic oxidation sites excluding steroid dienone is 3. The van der Waals surface area contributed by atoms with Crippen LogP contribution in [0.5, 0.6) is 0 Å². The highest BCUT2D eigenvalue weighted by Crippen LogP contribution is 2.31. The first-order valence-electron chi connectivity index (χ1n) is 6.28. The van der Waals surface area contributed by atoms with E-state index in [1.165, 1.54) is 5.57 Å². The molecule has 0 amide bonds. The van der Waals surface area contributed by atoms with Crippen molar-refractivity contribution in [2.45, 2.75) is 20.8 Å². The molecule has 20 heavy (non-hydrogen) atoms. The summed E-state index contributed by atoms with van der Waals surface area (Å²) in [5.74, 6) is 0.750. The third kappa shape index (κ3) is 3.26. The molecule has 2 aromatic rings. The van der Waals surface area contributed by atoms with Crippen LogP contribution in [0.3, 0.4) is 0 Å². The van der Waals surface area contributed by atoms with Gasteiger partial charge in [0.15, 0.2) is 0 Å². The minimum Gasteiger partial charge on any atom is -0.347 e. The fraction of sp³-hybridized carbons (Fsp3) is 0.200. The maximum atomic E-state index is 6.23. The van der Waals surface area contributed by atoms with Crippen LogP contribution in [0, 0.1) is 0 Å². The van der Waals surface area contributed by atoms with Crippen LogP contribution in [0.4, 0.5) is 5.82 Å². The van der Waals surface area contributed by atoms with Crippen LogP contribution < -0.4 is 5.32 Å². The second-order valence-electron chi connectivity index (χ2n) is 4.20. The second kappa shape index (κ2) is 6.68. The highest BCUT2D eigenvalue weighted by molar-refractivity contribution is 7.11. The van der Waals surface area contributed by atoms with E-state index in [1.54, 1.807) is 17.5 Å². The van der Waals surface area contributed by atoms with Crippen molar-refractivity contribution in [2.24, 2.45) is 0 Å². The first-order valence-corrected chi connectivity index (χ1v) is 7.54. The van der Waals surface area contributed by atoms with Crippen molar-refractivity contribution < 1.29 is 0 Å². The number of hydrogen-bond acceptors (Lipinski definition) is 4. The Morgan fingerprint density at radius 3 is 2.90 bits per heavy atom. The maximum absolute atomic E-state index is 6.23. The first kappa shape index (κ1) is 14.8. The van der Waals surface area contributed by atoms with Crippen molar-refractivity contribution in [1.29, 1.82) is 0 Å². The molecule has 3 nitrogen and oxygen atoms in total. The van der Waals surface area contributed by atoms with Gasteiger partial charge in [-0.05, 0) is 38.6 Å². The van der Waals surface area contributed by atoms with Gasteiger partial charge in [0.1, 0.15) is 10.8 Å². The van der Waals surface area contributed by atoms with Crippen LogP contribution in [-0.2, 0) is 0 Å². The Kier molecular flexibility index (Phi) is 4.93. The number of aromatic nitrogens is 2. The van der Waals surface area contributed by atoms with Crippen LogP contribution in [0.2, 0.25) is 5.02 Å². The summed E-state index contributed by atoms with van der Waals surface area (Å²) in [6.45, 7) is 6.00. The largest absolute Gasteiger partial charge is 0.347 e. The molecular formula is C15H16ClN3S. The maximum Gasteiger partial charge on any atom is 0.130 e. The van der Waals surface area contributed by atoms with Gasteiger partial charge < -0.3 is 5.32 Å². The van der Waals surface area contributed by atoms with Gasteiger partial charge in [-0.3, -0.25) is 0 Å². The number of nitrogens with one attached hydrogen (secondary N) is 1. The highest BCUT2D eigenvalue weighted by atomic mass is 35.5. The molecule has 1 N–H and O–H groups in total. The van der Waals surface area contributed by atoms with E-state index in [0.29, 0.717) is 5.02 Å². The van der Waals surface area contributed by atoms with Crippen LogP contribution >= 0.6 is 22.9 Å². The van der Waals surface area contributed by atoms with Gasteiger partial charge >= 0.3 is 0 Å². The van der Waals surface area contributed by atoms with Crippen molar-refractivity contribution >= 4 is 34.3 Å². The molecule has 2 aromatic heterocycles. The Bertz CT molecular complexity index is 659. The van der Waals surface area contributed by atoms with Gasteiger partial charge in [0, 0.05) is 17.1 Å². The summed E-state index contributed by atoms with van der Waals surface area (Å²) in [7, 11) is 0. The number of thiazole rings is 1. The third-order valence-corrected chi connectivity index (χ3v) is 4.08. The zero-order chi connectivity index (χ0) is 14.5. The summed E-state index contributed by atoms with van der Waals surface area (Å²) < 4.78 is 0. The van der Waals surface area contributed by atoms with E-state index in [2.05, 4.69) is 28.3 Å². The van der Waals surface area contributed by atoms with Gasteiger partial charge in [-0.15, -0.1) is 11.3 Å². The molecule has 0 aliphatic heterocycles.